The van der Waals surface area contributed by atoms with E-state index in [9.17, 15) is 5.11 Å². The largest absolute Gasteiger partial charge is 0.508 e. The Morgan fingerprint density at radius 2 is 1.95 bits per heavy atom. The minimum Gasteiger partial charge on any atom is -0.508 e. The van der Waals surface area contributed by atoms with Crippen LogP contribution in [0.3, 0.4) is 0 Å². The predicted molar refractivity (Wildman–Crippen MR) is 79.7 cm³/mol. The maximum Gasteiger partial charge on any atom is 0.122 e. The van der Waals surface area contributed by atoms with E-state index in [0.29, 0.717) is 17.8 Å². The number of hydrogen-bond donors (Lipinski definition) is 1. The lowest BCUT2D eigenvalue weighted by atomic mass is 9.82. The van der Waals surface area contributed by atoms with Crippen molar-refractivity contribution in [2.75, 3.05) is 19.6 Å². The summed E-state index contributed by atoms with van der Waals surface area (Å²) in [5.41, 5.74) is 2.31. The summed E-state index contributed by atoms with van der Waals surface area (Å²) in [5, 5.41) is 10.2. The zero-order valence-electron chi connectivity index (χ0n) is 12.8. The molecule has 1 fully saturated rings. The molecular formula is C17H25NO2. The Kier molecular flexibility index (Phi) is 3.30. The lowest BCUT2D eigenvalue weighted by molar-refractivity contribution is -0.0825. The first kappa shape index (κ1) is 13.9. The summed E-state index contributed by atoms with van der Waals surface area (Å²) >= 11 is 0. The van der Waals surface area contributed by atoms with Gasteiger partial charge < -0.3 is 14.7 Å². The fourth-order valence-electron chi connectivity index (χ4n) is 3.66. The van der Waals surface area contributed by atoms with Crippen LogP contribution in [0.2, 0.25) is 0 Å². The maximum atomic E-state index is 10.2. The van der Waals surface area contributed by atoms with Gasteiger partial charge in [0.1, 0.15) is 5.75 Å². The molecule has 1 spiro atoms. The minimum atomic E-state index is -0.241. The first-order chi connectivity index (χ1) is 9.40. The van der Waals surface area contributed by atoms with E-state index in [2.05, 4.69) is 31.7 Å². The maximum absolute atomic E-state index is 10.2. The number of phenols is 1. The van der Waals surface area contributed by atoms with Crippen LogP contribution in [0.25, 0.3) is 0 Å². The zero-order valence-corrected chi connectivity index (χ0v) is 12.8. The predicted octanol–water partition coefficient (Wildman–Crippen LogP) is 3.26. The van der Waals surface area contributed by atoms with E-state index in [0.717, 1.165) is 43.6 Å². The Morgan fingerprint density at radius 3 is 2.60 bits per heavy atom. The third kappa shape index (κ3) is 2.45. The van der Waals surface area contributed by atoms with Crippen LogP contribution in [0.4, 0.5) is 0 Å². The van der Waals surface area contributed by atoms with Crippen molar-refractivity contribution in [1.82, 2.24) is 4.90 Å². The van der Waals surface area contributed by atoms with Gasteiger partial charge in [-0.3, -0.25) is 0 Å². The molecule has 0 aliphatic carbocycles. The minimum absolute atomic E-state index is 0.241. The van der Waals surface area contributed by atoms with Gasteiger partial charge in [0.05, 0.1) is 12.2 Å². The van der Waals surface area contributed by atoms with E-state index in [1.165, 1.54) is 0 Å². The number of piperidine rings is 1. The molecule has 0 radical (unpaired) electrons. The number of rotatable bonds is 1. The molecule has 2 aliphatic rings. The highest BCUT2D eigenvalue weighted by Gasteiger charge is 2.44. The summed E-state index contributed by atoms with van der Waals surface area (Å²) in [6, 6.07) is 5.77. The molecule has 1 aromatic rings. The summed E-state index contributed by atoms with van der Waals surface area (Å²) in [7, 11) is 0. The van der Waals surface area contributed by atoms with Crippen LogP contribution < -0.4 is 0 Å². The van der Waals surface area contributed by atoms with Crippen molar-refractivity contribution < 1.29 is 9.84 Å². The summed E-state index contributed by atoms with van der Waals surface area (Å²) in [6.45, 7) is 10.7. The molecule has 3 heteroatoms. The highest BCUT2D eigenvalue weighted by molar-refractivity contribution is 5.46. The van der Waals surface area contributed by atoms with Gasteiger partial charge in [-0.25, -0.2) is 0 Å². The average Bonchev–Trinajstić information content (AvgIpc) is 2.72. The third-order valence-corrected chi connectivity index (χ3v) is 4.45. The van der Waals surface area contributed by atoms with E-state index in [-0.39, 0.29) is 5.60 Å². The Morgan fingerprint density at radius 1 is 1.25 bits per heavy atom. The van der Waals surface area contributed by atoms with Gasteiger partial charge >= 0.3 is 0 Å². The molecule has 1 saturated heterocycles. The molecule has 20 heavy (non-hydrogen) atoms. The van der Waals surface area contributed by atoms with Gasteiger partial charge in [0.2, 0.25) is 0 Å². The van der Waals surface area contributed by atoms with Crippen LogP contribution in [-0.2, 0) is 16.9 Å². The Bertz CT molecular complexity index is 496. The molecule has 110 valence electrons. The Hall–Kier alpha value is -1.06. The second-order valence-electron chi connectivity index (χ2n) is 7.43. The first-order valence-electron chi connectivity index (χ1n) is 7.57. The van der Waals surface area contributed by atoms with E-state index >= 15 is 0 Å². The molecule has 3 nitrogen and oxygen atoms in total. The van der Waals surface area contributed by atoms with Gasteiger partial charge in [-0.1, -0.05) is 32.9 Å². The molecule has 1 aromatic carbocycles. The quantitative estimate of drug-likeness (QED) is 0.854. The number of phenolic OH excluding ortho intramolecular Hbond substituents is 1. The number of aromatic hydroxyl groups is 1. The van der Waals surface area contributed by atoms with Crippen molar-refractivity contribution in [1.29, 1.82) is 0 Å². The molecular weight excluding hydrogens is 250 g/mol. The van der Waals surface area contributed by atoms with Crippen LogP contribution >= 0.6 is 0 Å². The smallest absolute Gasteiger partial charge is 0.122 e. The average molecular weight is 275 g/mol. The summed E-state index contributed by atoms with van der Waals surface area (Å²) in [5.74, 6) is 0.407. The van der Waals surface area contributed by atoms with Crippen LogP contribution in [0, 0.1) is 5.41 Å². The van der Waals surface area contributed by atoms with Crippen LogP contribution in [0.15, 0.2) is 18.2 Å². The highest BCUT2D eigenvalue weighted by atomic mass is 16.5. The summed E-state index contributed by atoms with van der Waals surface area (Å²) in [6.07, 6.45) is 1.96. The number of fused-ring (bicyclic) bond motifs is 2. The Labute approximate surface area is 121 Å². The normalized spacial score (nSPS) is 22.1. The van der Waals surface area contributed by atoms with Gasteiger partial charge in [0.15, 0.2) is 0 Å². The molecule has 1 N–H and O–H groups in total. The van der Waals surface area contributed by atoms with Crippen molar-refractivity contribution in [3.8, 4) is 5.75 Å². The molecule has 0 atom stereocenters. The molecule has 0 amide bonds. The highest BCUT2D eigenvalue weighted by Crippen LogP contribution is 2.48. The number of nitrogens with zero attached hydrogens (tertiary/aromatic N) is 1. The fourth-order valence-corrected chi connectivity index (χ4v) is 3.66. The molecule has 3 rings (SSSR count). The summed E-state index contributed by atoms with van der Waals surface area (Å²) < 4.78 is 6.12. The molecule has 0 bridgehead atoms. The van der Waals surface area contributed by atoms with Gasteiger partial charge in [-0.05, 0) is 29.9 Å². The monoisotopic (exact) mass is 275 g/mol. The molecule has 0 saturated carbocycles. The van der Waals surface area contributed by atoms with Crippen molar-refractivity contribution in [3.63, 3.8) is 0 Å². The standard InChI is InChI=1S/C17H25NO2/c1-16(2,3)12-18-9-7-17(8-10-18)15-13(11-20-17)5-4-6-14(15)19/h4-6,19H,7-12H2,1-3H3. The second kappa shape index (κ2) is 4.74. The van der Waals surface area contributed by atoms with Crippen LogP contribution in [0.1, 0.15) is 44.7 Å². The second-order valence-corrected chi connectivity index (χ2v) is 7.43. The molecule has 0 unspecified atom stereocenters. The lowest BCUT2D eigenvalue weighted by Gasteiger charge is -2.41. The van der Waals surface area contributed by atoms with E-state index in [1.807, 2.05) is 6.07 Å². The number of benzene rings is 1. The molecule has 2 aliphatic heterocycles. The summed E-state index contributed by atoms with van der Waals surface area (Å²) in [4.78, 5) is 2.52. The number of likely N-dealkylation sites (tertiary alicyclic amines) is 1. The van der Waals surface area contributed by atoms with E-state index in [4.69, 9.17) is 4.74 Å². The van der Waals surface area contributed by atoms with Crippen molar-refractivity contribution in [2.24, 2.45) is 5.41 Å². The third-order valence-electron chi connectivity index (χ3n) is 4.45. The zero-order chi connectivity index (χ0) is 14.4. The number of hydrogen-bond acceptors (Lipinski definition) is 3. The van der Waals surface area contributed by atoms with Crippen molar-refractivity contribution >= 4 is 0 Å². The van der Waals surface area contributed by atoms with Crippen molar-refractivity contribution in [3.05, 3.63) is 29.3 Å². The van der Waals surface area contributed by atoms with Crippen LogP contribution in [0.5, 0.6) is 5.75 Å². The Balaban J connectivity index is 1.76. The van der Waals surface area contributed by atoms with Gasteiger partial charge in [0.25, 0.3) is 0 Å². The molecule has 0 aromatic heterocycles. The van der Waals surface area contributed by atoms with E-state index in [1.54, 1.807) is 6.07 Å². The van der Waals surface area contributed by atoms with Gasteiger partial charge in [-0.2, -0.15) is 0 Å². The first-order valence-corrected chi connectivity index (χ1v) is 7.57. The van der Waals surface area contributed by atoms with E-state index < -0.39 is 0 Å². The fraction of sp³-hybridized carbons (Fsp3) is 0.647. The van der Waals surface area contributed by atoms with Gasteiger partial charge in [-0.15, -0.1) is 0 Å². The van der Waals surface area contributed by atoms with Gasteiger partial charge in [0, 0.05) is 25.2 Å². The lowest BCUT2D eigenvalue weighted by Crippen LogP contribution is -2.45. The SMILES string of the molecule is CC(C)(C)CN1CCC2(CC1)OCc1cccc(O)c12. The molecule has 2 heterocycles. The number of ether oxygens (including phenoxy) is 1. The van der Waals surface area contributed by atoms with Crippen molar-refractivity contribution in [2.45, 2.75) is 45.8 Å². The van der Waals surface area contributed by atoms with Crippen LogP contribution in [-0.4, -0.2) is 29.6 Å². The topological polar surface area (TPSA) is 32.7 Å².